The van der Waals surface area contributed by atoms with E-state index in [1.807, 2.05) is 47.8 Å². The van der Waals surface area contributed by atoms with Gasteiger partial charge in [0.25, 0.3) is 5.91 Å². The third-order valence-electron chi connectivity index (χ3n) is 4.21. The van der Waals surface area contributed by atoms with Crippen LogP contribution in [-0.2, 0) is 0 Å². The molecule has 1 aliphatic heterocycles. The van der Waals surface area contributed by atoms with Crippen molar-refractivity contribution >= 4 is 17.2 Å². The van der Waals surface area contributed by atoms with Gasteiger partial charge < -0.3 is 5.32 Å². The van der Waals surface area contributed by atoms with E-state index < -0.39 is 0 Å². The van der Waals surface area contributed by atoms with Gasteiger partial charge in [-0.1, -0.05) is 36.1 Å². The van der Waals surface area contributed by atoms with Gasteiger partial charge in [-0.15, -0.1) is 11.3 Å². The summed E-state index contributed by atoms with van der Waals surface area (Å²) in [7, 11) is 0. The highest BCUT2D eigenvalue weighted by molar-refractivity contribution is 7.12. The van der Waals surface area contributed by atoms with Gasteiger partial charge in [0.15, 0.2) is 0 Å². The van der Waals surface area contributed by atoms with Crippen LogP contribution < -0.4 is 5.32 Å². The van der Waals surface area contributed by atoms with Crippen LogP contribution in [0.3, 0.4) is 0 Å². The minimum atomic E-state index is 0.0472. The summed E-state index contributed by atoms with van der Waals surface area (Å²) in [5, 5.41) is 5.00. The SMILES string of the molecule is O=C(NC[C@H]1CCCN(CC#Cc2ccccc2)C1)c1cccs1. The molecule has 1 saturated heterocycles. The molecule has 0 spiro atoms. The largest absolute Gasteiger partial charge is 0.351 e. The molecule has 1 N–H and O–H groups in total. The number of likely N-dealkylation sites (tertiary alicyclic amines) is 1. The van der Waals surface area contributed by atoms with Crippen molar-refractivity contribution in [3.05, 3.63) is 58.3 Å². The van der Waals surface area contributed by atoms with Crippen molar-refractivity contribution in [3.63, 3.8) is 0 Å². The van der Waals surface area contributed by atoms with Crippen LogP contribution in [0.25, 0.3) is 0 Å². The third-order valence-corrected chi connectivity index (χ3v) is 5.08. The molecule has 3 rings (SSSR count). The van der Waals surface area contributed by atoms with E-state index in [1.54, 1.807) is 0 Å². The Hall–Kier alpha value is -2.09. The lowest BCUT2D eigenvalue weighted by Crippen LogP contribution is -2.40. The van der Waals surface area contributed by atoms with Gasteiger partial charge in [0.1, 0.15) is 0 Å². The minimum Gasteiger partial charge on any atom is -0.351 e. The van der Waals surface area contributed by atoms with Gasteiger partial charge in [-0.3, -0.25) is 9.69 Å². The van der Waals surface area contributed by atoms with Gasteiger partial charge in [-0.2, -0.15) is 0 Å². The van der Waals surface area contributed by atoms with Crippen LogP contribution in [-0.4, -0.2) is 37.0 Å². The molecule has 1 aliphatic rings. The van der Waals surface area contributed by atoms with Crippen molar-refractivity contribution in [2.45, 2.75) is 12.8 Å². The molecule has 0 bridgehead atoms. The van der Waals surface area contributed by atoms with Crippen molar-refractivity contribution in [1.29, 1.82) is 0 Å². The fourth-order valence-corrected chi connectivity index (χ4v) is 3.61. The summed E-state index contributed by atoms with van der Waals surface area (Å²) >= 11 is 1.49. The zero-order chi connectivity index (χ0) is 16.6. The van der Waals surface area contributed by atoms with Gasteiger partial charge in [-0.05, 0) is 48.9 Å². The second kappa shape index (κ2) is 8.68. The lowest BCUT2D eigenvalue weighted by Gasteiger charge is -2.31. The lowest BCUT2D eigenvalue weighted by atomic mass is 9.98. The van der Waals surface area contributed by atoms with Gasteiger partial charge in [0.2, 0.25) is 0 Å². The van der Waals surface area contributed by atoms with Crippen LogP contribution in [0.15, 0.2) is 47.8 Å². The second-order valence-corrected chi connectivity index (χ2v) is 7.05. The van der Waals surface area contributed by atoms with Gasteiger partial charge in [-0.25, -0.2) is 0 Å². The summed E-state index contributed by atoms with van der Waals surface area (Å²) in [6.45, 7) is 3.65. The van der Waals surface area contributed by atoms with Crippen LogP contribution >= 0.6 is 11.3 Å². The molecule has 0 radical (unpaired) electrons. The number of carbonyl (C=O) groups is 1. The van der Waals surface area contributed by atoms with Crippen LogP contribution in [0.5, 0.6) is 0 Å². The highest BCUT2D eigenvalue weighted by atomic mass is 32.1. The Labute approximate surface area is 147 Å². The van der Waals surface area contributed by atoms with Gasteiger partial charge in [0, 0.05) is 18.7 Å². The van der Waals surface area contributed by atoms with Gasteiger partial charge in [0.05, 0.1) is 11.4 Å². The predicted molar refractivity (Wildman–Crippen MR) is 99.1 cm³/mol. The van der Waals surface area contributed by atoms with Crippen LogP contribution in [0.4, 0.5) is 0 Å². The van der Waals surface area contributed by atoms with E-state index >= 15 is 0 Å². The third kappa shape index (κ3) is 4.95. The summed E-state index contributed by atoms with van der Waals surface area (Å²) in [4.78, 5) is 15.2. The number of piperidine rings is 1. The molecule has 1 amide bonds. The van der Waals surface area contributed by atoms with Crippen molar-refractivity contribution in [2.24, 2.45) is 5.92 Å². The highest BCUT2D eigenvalue weighted by Gasteiger charge is 2.20. The number of nitrogens with one attached hydrogen (secondary N) is 1. The van der Waals surface area contributed by atoms with Crippen molar-refractivity contribution in [3.8, 4) is 11.8 Å². The van der Waals surface area contributed by atoms with E-state index in [9.17, 15) is 4.79 Å². The average Bonchev–Trinajstić information content (AvgIpc) is 3.16. The Kier molecular flexibility index (Phi) is 6.06. The maximum Gasteiger partial charge on any atom is 0.261 e. The highest BCUT2D eigenvalue weighted by Crippen LogP contribution is 2.16. The van der Waals surface area contributed by atoms with E-state index in [1.165, 1.54) is 24.2 Å². The van der Waals surface area contributed by atoms with E-state index in [-0.39, 0.29) is 5.91 Å². The van der Waals surface area contributed by atoms with Crippen molar-refractivity contribution in [1.82, 2.24) is 10.2 Å². The summed E-state index contributed by atoms with van der Waals surface area (Å²) in [5.41, 5.74) is 1.06. The molecule has 0 saturated carbocycles. The number of nitrogens with zero attached hydrogens (tertiary/aromatic N) is 1. The van der Waals surface area contributed by atoms with Crippen LogP contribution in [0, 0.1) is 17.8 Å². The number of thiophene rings is 1. The Morgan fingerprint density at radius 3 is 2.92 bits per heavy atom. The van der Waals surface area contributed by atoms with E-state index in [0.717, 1.165) is 36.6 Å². The number of rotatable bonds is 4. The molecular weight excluding hydrogens is 316 g/mol. The standard InChI is InChI=1S/C20H22N2OS/c23-20(19-11-6-14-24-19)21-15-18-10-5-13-22(16-18)12-4-9-17-7-2-1-3-8-17/h1-3,6-8,11,14,18H,5,10,12-13,15-16H2,(H,21,23)/t18-/m1/s1. The zero-order valence-electron chi connectivity index (χ0n) is 13.7. The zero-order valence-corrected chi connectivity index (χ0v) is 14.5. The summed E-state index contributed by atoms with van der Waals surface area (Å²) in [6, 6.07) is 13.9. The molecular formula is C20H22N2OS. The Morgan fingerprint density at radius 1 is 1.25 bits per heavy atom. The molecule has 1 aromatic heterocycles. The molecule has 124 valence electrons. The van der Waals surface area contributed by atoms with E-state index in [2.05, 4.69) is 22.1 Å². The lowest BCUT2D eigenvalue weighted by molar-refractivity contribution is 0.0939. The Balaban J connectivity index is 1.44. The van der Waals surface area contributed by atoms with Gasteiger partial charge >= 0.3 is 0 Å². The molecule has 0 unspecified atom stereocenters. The second-order valence-electron chi connectivity index (χ2n) is 6.10. The fraction of sp³-hybridized carbons (Fsp3) is 0.350. The number of hydrogen-bond donors (Lipinski definition) is 1. The fourth-order valence-electron chi connectivity index (χ4n) is 2.97. The van der Waals surface area contributed by atoms with E-state index in [4.69, 9.17) is 0 Å². The number of carbonyl (C=O) groups excluding carboxylic acids is 1. The van der Waals surface area contributed by atoms with Crippen molar-refractivity contribution < 1.29 is 4.79 Å². The van der Waals surface area contributed by atoms with Crippen LogP contribution in [0.1, 0.15) is 28.1 Å². The Morgan fingerprint density at radius 2 is 2.12 bits per heavy atom. The first kappa shape index (κ1) is 16.8. The molecule has 2 heterocycles. The predicted octanol–water partition coefficient (Wildman–Crippen LogP) is 3.24. The summed E-state index contributed by atoms with van der Waals surface area (Å²) in [5.74, 6) is 7.05. The molecule has 1 fully saturated rings. The maximum absolute atomic E-state index is 12.0. The molecule has 3 nitrogen and oxygen atoms in total. The molecule has 1 aromatic carbocycles. The van der Waals surface area contributed by atoms with E-state index in [0.29, 0.717) is 5.92 Å². The molecule has 4 heteroatoms. The smallest absolute Gasteiger partial charge is 0.261 e. The quantitative estimate of drug-likeness (QED) is 0.868. The number of hydrogen-bond acceptors (Lipinski definition) is 3. The number of amides is 1. The van der Waals surface area contributed by atoms with Crippen LogP contribution in [0.2, 0.25) is 0 Å². The number of benzene rings is 1. The topological polar surface area (TPSA) is 32.3 Å². The molecule has 2 aromatic rings. The minimum absolute atomic E-state index is 0.0472. The monoisotopic (exact) mass is 338 g/mol. The molecule has 24 heavy (non-hydrogen) atoms. The molecule has 0 aliphatic carbocycles. The first-order chi connectivity index (χ1) is 11.8. The first-order valence-electron chi connectivity index (χ1n) is 8.39. The van der Waals surface area contributed by atoms with Crippen molar-refractivity contribution in [2.75, 3.05) is 26.2 Å². The summed E-state index contributed by atoms with van der Waals surface area (Å²) in [6.07, 6.45) is 2.35. The first-order valence-corrected chi connectivity index (χ1v) is 9.27. The maximum atomic E-state index is 12.0. The summed E-state index contributed by atoms with van der Waals surface area (Å²) < 4.78 is 0. The Bertz CT molecular complexity index is 700. The molecule has 1 atom stereocenters. The average molecular weight is 338 g/mol. The normalized spacial score (nSPS) is 17.8.